The fourth-order valence-electron chi connectivity index (χ4n) is 2.85. The second kappa shape index (κ2) is 5.47. The van der Waals surface area contributed by atoms with Gasteiger partial charge in [0.05, 0.1) is 12.8 Å². The Morgan fingerprint density at radius 1 is 1.30 bits per heavy atom. The number of esters is 1. The first kappa shape index (κ1) is 17.7. The summed E-state index contributed by atoms with van der Waals surface area (Å²) in [6.45, 7) is 5.90. The van der Waals surface area contributed by atoms with Gasteiger partial charge in [0.25, 0.3) is 0 Å². The molecule has 2 heterocycles. The van der Waals surface area contributed by atoms with Crippen molar-refractivity contribution in [1.29, 1.82) is 0 Å². The van der Waals surface area contributed by atoms with E-state index in [1.807, 2.05) is 20.8 Å². The highest BCUT2D eigenvalue weighted by Crippen LogP contribution is 2.42. The summed E-state index contributed by atoms with van der Waals surface area (Å²) in [5.41, 5.74) is -1.06. The number of aromatic nitrogens is 1. The molecule has 1 unspecified atom stereocenters. The highest BCUT2D eigenvalue weighted by atomic mass is 19.4. The zero-order valence-corrected chi connectivity index (χ0v) is 13.9. The third-order valence-corrected chi connectivity index (χ3v) is 4.31. The summed E-state index contributed by atoms with van der Waals surface area (Å²) >= 11 is 0. The van der Waals surface area contributed by atoms with Crippen molar-refractivity contribution in [3.63, 3.8) is 0 Å². The number of hydrogen-bond acceptors (Lipinski definition) is 4. The molecule has 2 rings (SSSR count). The highest BCUT2D eigenvalue weighted by Gasteiger charge is 2.65. The SMILES string of the molecule is COC(=O)C1(C(F)(F)F)Cc2ccc(C(C)(C)C)nc2CN1C. The molecule has 4 nitrogen and oxygen atoms in total. The van der Waals surface area contributed by atoms with E-state index in [2.05, 4.69) is 9.72 Å². The first-order valence-electron chi connectivity index (χ1n) is 7.29. The van der Waals surface area contributed by atoms with Crippen molar-refractivity contribution in [3.05, 3.63) is 29.1 Å². The molecule has 0 aromatic carbocycles. The van der Waals surface area contributed by atoms with Crippen LogP contribution in [0.15, 0.2) is 12.1 Å². The van der Waals surface area contributed by atoms with Gasteiger partial charge in [0.15, 0.2) is 0 Å². The monoisotopic (exact) mass is 330 g/mol. The van der Waals surface area contributed by atoms with Crippen LogP contribution in [0.3, 0.4) is 0 Å². The first-order valence-corrected chi connectivity index (χ1v) is 7.29. The number of carbonyl (C=O) groups is 1. The molecule has 0 fully saturated rings. The average molecular weight is 330 g/mol. The Morgan fingerprint density at radius 3 is 2.39 bits per heavy atom. The molecule has 0 amide bonds. The Labute approximate surface area is 133 Å². The van der Waals surface area contributed by atoms with Crippen LogP contribution in [0.5, 0.6) is 0 Å². The van der Waals surface area contributed by atoms with Gasteiger partial charge in [-0.3, -0.25) is 9.88 Å². The lowest BCUT2D eigenvalue weighted by Crippen LogP contribution is -2.66. The van der Waals surface area contributed by atoms with Gasteiger partial charge in [-0.1, -0.05) is 26.8 Å². The Balaban J connectivity index is 2.54. The van der Waals surface area contributed by atoms with Crippen molar-refractivity contribution >= 4 is 5.97 Å². The molecule has 0 saturated heterocycles. The van der Waals surface area contributed by atoms with Gasteiger partial charge in [-0.15, -0.1) is 0 Å². The van der Waals surface area contributed by atoms with Gasteiger partial charge in [0.1, 0.15) is 0 Å². The summed E-state index contributed by atoms with van der Waals surface area (Å²) in [7, 11) is 2.25. The van der Waals surface area contributed by atoms with Crippen LogP contribution in [-0.4, -0.2) is 41.7 Å². The molecular weight excluding hydrogens is 309 g/mol. The molecule has 1 aromatic rings. The summed E-state index contributed by atoms with van der Waals surface area (Å²) in [5, 5.41) is 0. The maximum Gasteiger partial charge on any atom is 0.417 e. The Hall–Kier alpha value is -1.63. The molecular formula is C16H21F3N2O2. The van der Waals surface area contributed by atoms with Crippen molar-refractivity contribution in [2.24, 2.45) is 0 Å². The van der Waals surface area contributed by atoms with Gasteiger partial charge in [-0.2, -0.15) is 13.2 Å². The molecule has 7 heteroatoms. The standard InChI is InChI=1S/C16H21F3N2O2/c1-14(2,3)12-7-6-10-8-15(13(22)23-5,16(17,18)19)21(4)9-11(10)20-12/h6-7H,8-9H2,1-5H3. The zero-order valence-electron chi connectivity index (χ0n) is 13.9. The second-order valence-corrected chi connectivity index (χ2v) is 6.93. The minimum atomic E-state index is -4.74. The van der Waals surface area contributed by atoms with Gasteiger partial charge < -0.3 is 4.74 Å². The van der Waals surface area contributed by atoms with Crippen LogP contribution in [0.25, 0.3) is 0 Å². The zero-order chi connectivity index (χ0) is 17.6. The number of carbonyl (C=O) groups excluding carboxylic acids is 1. The van der Waals surface area contributed by atoms with Gasteiger partial charge in [0.2, 0.25) is 5.54 Å². The fourth-order valence-corrected chi connectivity index (χ4v) is 2.85. The lowest BCUT2D eigenvalue weighted by molar-refractivity contribution is -0.240. The summed E-state index contributed by atoms with van der Waals surface area (Å²) in [6.07, 6.45) is -5.23. The van der Waals surface area contributed by atoms with Crippen LogP contribution in [0.1, 0.15) is 37.7 Å². The lowest BCUT2D eigenvalue weighted by Gasteiger charge is -2.43. The minimum absolute atomic E-state index is 0.0616. The number of methoxy groups -OCH3 is 1. The third-order valence-electron chi connectivity index (χ3n) is 4.31. The Bertz CT molecular complexity index is 623. The van der Waals surface area contributed by atoms with E-state index in [1.165, 1.54) is 7.05 Å². The molecule has 1 atom stereocenters. The first-order chi connectivity index (χ1) is 10.4. The smallest absolute Gasteiger partial charge is 0.417 e. The summed E-state index contributed by atoms with van der Waals surface area (Å²) < 4.78 is 45.5. The van der Waals surface area contributed by atoms with E-state index in [4.69, 9.17) is 0 Å². The maximum absolute atomic E-state index is 13.7. The molecule has 0 aliphatic carbocycles. The van der Waals surface area contributed by atoms with E-state index in [0.717, 1.165) is 17.7 Å². The molecule has 1 aromatic heterocycles. The predicted molar refractivity (Wildman–Crippen MR) is 78.9 cm³/mol. The fraction of sp³-hybridized carbons (Fsp3) is 0.625. The van der Waals surface area contributed by atoms with Crippen LogP contribution in [0, 0.1) is 0 Å². The molecule has 1 aliphatic rings. The molecule has 23 heavy (non-hydrogen) atoms. The van der Waals surface area contributed by atoms with Gasteiger partial charge in [-0.25, -0.2) is 4.79 Å². The quantitative estimate of drug-likeness (QED) is 0.743. The maximum atomic E-state index is 13.7. The topological polar surface area (TPSA) is 42.4 Å². The van der Waals surface area contributed by atoms with Crippen LogP contribution in [0.4, 0.5) is 13.2 Å². The van der Waals surface area contributed by atoms with Crippen LogP contribution >= 0.6 is 0 Å². The predicted octanol–water partition coefficient (Wildman–Crippen LogP) is 2.84. The Morgan fingerprint density at radius 2 is 1.91 bits per heavy atom. The Kier molecular flexibility index (Phi) is 4.22. The van der Waals surface area contributed by atoms with Crippen LogP contribution < -0.4 is 0 Å². The summed E-state index contributed by atoms with van der Waals surface area (Å²) in [5.74, 6) is -1.29. The number of pyridine rings is 1. The normalized spacial score (nSPS) is 22.6. The van der Waals surface area contributed by atoms with E-state index >= 15 is 0 Å². The molecule has 0 spiro atoms. The largest absolute Gasteiger partial charge is 0.467 e. The number of rotatable bonds is 1. The lowest BCUT2D eigenvalue weighted by atomic mass is 9.83. The number of nitrogens with zero attached hydrogens (tertiary/aromatic N) is 2. The number of fused-ring (bicyclic) bond motifs is 1. The summed E-state index contributed by atoms with van der Waals surface area (Å²) in [6, 6.07) is 3.36. The van der Waals surface area contributed by atoms with Crippen molar-refractivity contribution in [2.75, 3.05) is 14.2 Å². The molecule has 0 N–H and O–H groups in total. The molecule has 1 aliphatic heterocycles. The van der Waals surface area contributed by atoms with E-state index in [0.29, 0.717) is 11.3 Å². The van der Waals surface area contributed by atoms with E-state index in [9.17, 15) is 18.0 Å². The van der Waals surface area contributed by atoms with Crippen LogP contribution in [-0.2, 0) is 27.9 Å². The number of alkyl halides is 3. The van der Waals surface area contributed by atoms with Crippen molar-refractivity contribution in [3.8, 4) is 0 Å². The third kappa shape index (κ3) is 2.82. The van der Waals surface area contributed by atoms with E-state index in [1.54, 1.807) is 12.1 Å². The number of hydrogen-bond donors (Lipinski definition) is 0. The van der Waals surface area contributed by atoms with Gasteiger partial charge in [0, 0.05) is 24.1 Å². The van der Waals surface area contributed by atoms with E-state index in [-0.39, 0.29) is 12.0 Å². The minimum Gasteiger partial charge on any atom is -0.467 e. The van der Waals surface area contributed by atoms with Crippen molar-refractivity contribution < 1.29 is 22.7 Å². The van der Waals surface area contributed by atoms with Crippen molar-refractivity contribution in [2.45, 2.75) is 50.9 Å². The van der Waals surface area contributed by atoms with E-state index < -0.39 is 24.1 Å². The number of ether oxygens (including phenoxy) is 1. The average Bonchev–Trinajstić information content (AvgIpc) is 2.42. The van der Waals surface area contributed by atoms with Gasteiger partial charge in [-0.05, 0) is 18.7 Å². The van der Waals surface area contributed by atoms with Crippen LogP contribution in [0.2, 0.25) is 0 Å². The second-order valence-electron chi connectivity index (χ2n) is 6.93. The molecule has 0 saturated carbocycles. The molecule has 0 radical (unpaired) electrons. The molecule has 0 bridgehead atoms. The van der Waals surface area contributed by atoms with Crippen molar-refractivity contribution in [1.82, 2.24) is 9.88 Å². The number of halogens is 3. The van der Waals surface area contributed by atoms with Gasteiger partial charge >= 0.3 is 12.1 Å². The highest BCUT2D eigenvalue weighted by molar-refractivity contribution is 5.83. The molecule has 128 valence electrons. The number of likely N-dealkylation sites (N-methyl/N-ethyl adjacent to an activating group) is 1. The summed E-state index contributed by atoms with van der Waals surface area (Å²) in [4.78, 5) is 17.5.